The molecule has 1 aliphatic rings. The van der Waals surface area contributed by atoms with Gasteiger partial charge in [-0.3, -0.25) is 0 Å². The van der Waals surface area contributed by atoms with E-state index in [9.17, 15) is 14.4 Å². The van der Waals surface area contributed by atoms with Crippen molar-refractivity contribution in [1.29, 1.82) is 0 Å². The number of rotatable bonds is 7. The van der Waals surface area contributed by atoms with Crippen molar-refractivity contribution in [2.24, 2.45) is 0 Å². The zero-order chi connectivity index (χ0) is 30.8. The number of fused-ring (bicyclic) bond motifs is 3. The Kier molecular flexibility index (Phi) is 7.92. The lowest BCUT2D eigenvalue weighted by molar-refractivity contribution is -0.0295. The maximum Gasteiger partial charge on any atom is 0.338 e. The minimum Gasteiger partial charge on any atom is -0.461 e. The van der Waals surface area contributed by atoms with E-state index in [2.05, 4.69) is 0 Å². The quantitative estimate of drug-likeness (QED) is 0.134. The maximum absolute atomic E-state index is 13.4. The third-order valence-electron chi connectivity index (χ3n) is 8.04. The molecule has 3 atom stereocenters. The first-order chi connectivity index (χ1) is 22.0. The molecule has 0 N–H and O–H groups in total. The van der Waals surface area contributed by atoms with E-state index >= 15 is 0 Å². The third kappa shape index (κ3) is 6.12. The molecule has 0 saturated carbocycles. The van der Waals surface area contributed by atoms with Crippen molar-refractivity contribution in [3.05, 3.63) is 144 Å². The highest BCUT2D eigenvalue weighted by Crippen LogP contribution is 2.34. The van der Waals surface area contributed by atoms with Crippen molar-refractivity contribution in [1.82, 2.24) is 0 Å². The van der Waals surface area contributed by atoms with Crippen LogP contribution in [0.3, 0.4) is 0 Å². The monoisotopic (exact) mass is 612 g/mol. The van der Waals surface area contributed by atoms with Crippen LogP contribution in [0.1, 0.15) is 31.1 Å². The molecule has 0 spiro atoms. The molecule has 6 nitrogen and oxygen atoms in total. The molecule has 0 bridgehead atoms. The van der Waals surface area contributed by atoms with Crippen LogP contribution in [0.4, 0.5) is 0 Å². The first-order valence-corrected chi connectivity index (χ1v) is 15.7. The molecule has 1 aliphatic heterocycles. The number of esters is 3. The Balaban J connectivity index is 1.10. The van der Waals surface area contributed by atoms with Gasteiger partial charge in [-0.05, 0) is 68.7 Å². The minimum absolute atomic E-state index is 0.0178. The Morgan fingerprint density at radius 1 is 0.533 bits per heavy atom. The van der Waals surface area contributed by atoms with Crippen LogP contribution in [0.5, 0.6) is 0 Å². The Hall–Kier alpha value is -5.14. The second-order valence-electron chi connectivity index (χ2n) is 11.0. The van der Waals surface area contributed by atoms with Crippen LogP contribution in [0, 0.1) is 0 Å². The molecular weight excluding hydrogens is 584 g/mol. The zero-order valence-corrected chi connectivity index (χ0v) is 24.9. The van der Waals surface area contributed by atoms with Gasteiger partial charge in [-0.2, -0.15) is 0 Å². The number of carbonyl (C=O) groups is 3. The van der Waals surface area contributed by atoms with Gasteiger partial charge in [-0.25, -0.2) is 14.4 Å². The van der Waals surface area contributed by atoms with Crippen LogP contribution in [0.25, 0.3) is 32.3 Å². The molecule has 45 heavy (non-hydrogen) atoms. The van der Waals surface area contributed by atoms with E-state index in [1.54, 1.807) is 36.4 Å². The fraction of sp³-hybridized carbons (Fsp3) is 0.132. The molecule has 6 aromatic rings. The topological polar surface area (TPSA) is 78.9 Å². The van der Waals surface area contributed by atoms with Gasteiger partial charge < -0.3 is 14.2 Å². The number of benzene rings is 6. The fourth-order valence-corrected chi connectivity index (χ4v) is 6.91. The van der Waals surface area contributed by atoms with Crippen LogP contribution >= 0.6 is 11.8 Å². The summed E-state index contributed by atoms with van der Waals surface area (Å²) in [7, 11) is 0. The predicted molar refractivity (Wildman–Crippen MR) is 177 cm³/mol. The van der Waals surface area contributed by atoms with Gasteiger partial charge in [0.1, 0.15) is 12.7 Å². The molecule has 0 unspecified atom stereocenters. The lowest BCUT2D eigenvalue weighted by atomic mass is 10.1. The minimum atomic E-state index is -0.831. The van der Waals surface area contributed by atoms with Crippen LogP contribution < -0.4 is 0 Å². The normalized spacial score (nSPS) is 17.7. The molecule has 7 rings (SSSR count). The number of thioether (sulfide) groups is 1. The van der Waals surface area contributed by atoms with Gasteiger partial charge in [0, 0.05) is 5.75 Å². The van der Waals surface area contributed by atoms with E-state index in [0.29, 0.717) is 22.4 Å². The molecule has 0 radical (unpaired) electrons. The van der Waals surface area contributed by atoms with Crippen molar-refractivity contribution >= 4 is 62.0 Å². The highest BCUT2D eigenvalue weighted by Gasteiger charge is 2.43. The summed E-state index contributed by atoms with van der Waals surface area (Å²) in [6.07, 6.45) is -1.56. The van der Waals surface area contributed by atoms with Crippen molar-refractivity contribution < 1.29 is 28.6 Å². The van der Waals surface area contributed by atoms with E-state index in [0.717, 1.165) is 32.3 Å². The molecule has 1 fully saturated rings. The molecule has 0 aromatic heterocycles. The molecule has 222 valence electrons. The zero-order valence-electron chi connectivity index (χ0n) is 24.1. The van der Waals surface area contributed by atoms with Crippen molar-refractivity contribution in [2.75, 3.05) is 12.4 Å². The number of carbonyl (C=O) groups excluding carboxylic acids is 3. The van der Waals surface area contributed by atoms with E-state index < -0.39 is 35.4 Å². The van der Waals surface area contributed by atoms with Gasteiger partial charge in [-0.1, -0.05) is 91.0 Å². The Bertz CT molecular complexity index is 2070. The summed E-state index contributed by atoms with van der Waals surface area (Å²) in [4.78, 5) is 39.8. The first kappa shape index (κ1) is 28.6. The maximum atomic E-state index is 13.4. The Labute approximate surface area is 263 Å². The standard InChI is InChI=1S/C38H28O6S/c39-36(30-16-13-24-7-1-4-10-27(24)19-30)42-22-34-35(44-38(41)32-18-15-26-9-3-6-12-29(26)21-32)33(23-45-34)43-37(40)31-17-14-25-8-2-5-11-28(25)20-31/h1-21,33-35H,22-23H2/t33-,34-,35+/m0/s1. The summed E-state index contributed by atoms with van der Waals surface area (Å²) in [5, 5.41) is 5.38. The smallest absolute Gasteiger partial charge is 0.338 e. The van der Waals surface area contributed by atoms with Crippen LogP contribution in [-0.4, -0.2) is 47.7 Å². The molecule has 0 amide bonds. The van der Waals surface area contributed by atoms with Gasteiger partial charge in [0.15, 0.2) is 6.10 Å². The molecule has 7 heteroatoms. The van der Waals surface area contributed by atoms with Gasteiger partial charge in [0.05, 0.1) is 21.9 Å². The second-order valence-corrected chi connectivity index (χ2v) is 12.2. The van der Waals surface area contributed by atoms with Crippen molar-refractivity contribution in [2.45, 2.75) is 17.5 Å². The van der Waals surface area contributed by atoms with Crippen LogP contribution in [-0.2, 0) is 14.2 Å². The molecular formula is C38H28O6S. The number of ether oxygens (including phenoxy) is 3. The van der Waals surface area contributed by atoms with Crippen LogP contribution in [0.15, 0.2) is 127 Å². The lowest BCUT2D eigenvalue weighted by Gasteiger charge is -2.24. The SMILES string of the molecule is O=C(OC[C@@H]1SC[C@H](OC(=O)c2ccc3ccccc3c2)[C@H]1OC(=O)c1ccc2ccccc2c1)c1ccc2ccccc2c1. The molecule has 1 saturated heterocycles. The van der Waals surface area contributed by atoms with E-state index in [1.807, 2.05) is 91.0 Å². The van der Waals surface area contributed by atoms with E-state index in [4.69, 9.17) is 14.2 Å². The van der Waals surface area contributed by atoms with Gasteiger partial charge >= 0.3 is 17.9 Å². The highest BCUT2D eigenvalue weighted by atomic mass is 32.2. The summed E-state index contributed by atoms with van der Waals surface area (Å²) >= 11 is 1.45. The van der Waals surface area contributed by atoms with Gasteiger partial charge in [-0.15, -0.1) is 11.8 Å². The second kappa shape index (κ2) is 12.5. The number of hydrogen-bond donors (Lipinski definition) is 0. The average molecular weight is 613 g/mol. The lowest BCUT2D eigenvalue weighted by Crippen LogP contribution is -2.39. The van der Waals surface area contributed by atoms with E-state index in [1.165, 1.54) is 11.8 Å². The van der Waals surface area contributed by atoms with Crippen molar-refractivity contribution in [3.63, 3.8) is 0 Å². The first-order valence-electron chi connectivity index (χ1n) is 14.7. The Morgan fingerprint density at radius 3 is 1.44 bits per heavy atom. The summed E-state index contributed by atoms with van der Waals surface area (Å²) in [6.45, 7) is -0.0178. The van der Waals surface area contributed by atoms with Gasteiger partial charge in [0.25, 0.3) is 0 Å². The highest BCUT2D eigenvalue weighted by molar-refractivity contribution is 8.00. The third-order valence-corrected chi connectivity index (χ3v) is 9.40. The molecule has 6 aromatic carbocycles. The number of hydrogen-bond acceptors (Lipinski definition) is 7. The summed E-state index contributed by atoms with van der Waals surface area (Å²) in [6, 6.07) is 39.5. The summed E-state index contributed by atoms with van der Waals surface area (Å²) in [5.41, 5.74) is 1.22. The van der Waals surface area contributed by atoms with Gasteiger partial charge in [0.2, 0.25) is 0 Å². The average Bonchev–Trinajstić information content (AvgIpc) is 3.46. The Morgan fingerprint density at radius 2 is 0.956 bits per heavy atom. The van der Waals surface area contributed by atoms with E-state index in [-0.39, 0.29) is 6.61 Å². The van der Waals surface area contributed by atoms with Crippen LogP contribution in [0.2, 0.25) is 0 Å². The largest absolute Gasteiger partial charge is 0.461 e. The molecule has 0 aliphatic carbocycles. The summed E-state index contributed by atoms with van der Waals surface area (Å²) < 4.78 is 17.7. The summed E-state index contributed by atoms with van der Waals surface area (Å²) in [5.74, 6) is -1.14. The van der Waals surface area contributed by atoms with Crippen molar-refractivity contribution in [3.8, 4) is 0 Å². The fourth-order valence-electron chi connectivity index (χ4n) is 5.63. The predicted octanol–water partition coefficient (Wildman–Crippen LogP) is 7.87. The molecule has 1 heterocycles.